The lowest BCUT2D eigenvalue weighted by Gasteiger charge is -2.36. The Labute approximate surface area is 171 Å². The first kappa shape index (κ1) is 17.6. The molecule has 1 amide bonds. The van der Waals surface area contributed by atoms with E-state index in [1.54, 1.807) is 66.7 Å². The van der Waals surface area contributed by atoms with Crippen LogP contribution in [0.4, 0.5) is 5.69 Å². The highest BCUT2D eigenvalue weighted by Crippen LogP contribution is 2.41. The number of para-hydroxylation sites is 1. The van der Waals surface area contributed by atoms with Gasteiger partial charge in [-0.3, -0.25) is 9.69 Å². The Balaban J connectivity index is 1.66. The van der Waals surface area contributed by atoms with Crippen LogP contribution in [0.5, 0.6) is 11.5 Å². The Morgan fingerprint density at radius 1 is 0.966 bits per heavy atom. The number of amides is 1. The van der Waals surface area contributed by atoms with Crippen molar-refractivity contribution >= 4 is 29.2 Å². The van der Waals surface area contributed by atoms with E-state index in [9.17, 15) is 9.59 Å². The smallest absolute Gasteiger partial charge is 0.342 e. The van der Waals surface area contributed by atoms with Crippen LogP contribution in [0.3, 0.4) is 0 Å². The molecule has 29 heavy (non-hydrogen) atoms. The molecule has 3 aromatic rings. The first-order valence-corrected chi connectivity index (χ1v) is 9.29. The summed E-state index contributed by atoms with van der Waals surface area (Å²) in [7, 11) is 0. The fraction of sp³-hybridized carbons (Fsp3) is 0.0909. The molecule has 0 bridgehead atoms. The predicted octanol–water partition coefficient (Wildman–Crippen LogP) is 4.58. The predicted molar refractivity (Wildman–Crippen MR) is 105 cm³/mol. The molecule has 1 atom stereocenters. The van der Waals surface area contributed by atoms with Gasteiger partial charge in [-0.15, -0.1) is 0 Å². The molecule has 7 heteroatoms. The van der Waals surface area contributed by atoms with Gasteiger partial charge in [0.25, 0.3) is 5.91 Å². The molecular formula is C22H14ClNO5. The Hall–Kier alpha value is -3.51. The number of esters is 1. The van der Waals surface area contributed by atoms with Crippen molar-refractivity contribution in [3.63, 3.8) is 0 Å². The number of fused-ring (bicyclic) bond motifs is 2. The van der Waals surface area contributed by atoms with Gasteiger partial charge in [-0.05, 0) is 42.5 Å². The molecule has 2 heterocycles. The Morgan fingerprint density at radius 2 is 1.72 bits per heavy atom. The van der Waals surface area contributed by atoms with E-state index in [0.29, 0.717) is 38.9 Å². The zero-order chi connectivity index (χ0) is 20.0. The second-order valence-corrected chi connectivity index (χ2v) is 6.95. The van der Waals surface area contributed by atoms with Crippen molar-refractivity contribution in [1.29, 1.82) is 0 Å². The molecule has 3 aromatic carbocycles. The number of ether oxygens (including phenoxy) is 3. The second kappa shape index (κ2) is 6.83. The molecule has 2 aliphatic rings. The van der Waals surface area contributed by atoms with Gasteiger partial charge in [0.15, 0.2) is 11.5 Å². The van der Waals surface area contributed by atoms with Crippen molar-refractivity contribution in [1.82, 2.24) is 0 Å². The highest BCUT2D eigenvalue weighted by atomic mass is 35.5. The molecule has 0 aliphatic carbocycles. The van der Waals surface area contributed by atoms with Gasteiger partial charge in [0.1, 0.15) is 0 Å². The third-order valence-electron chi connectivity index (χ3n) is 4.84. The van der Waals surface area contributed by atoms with Crippen molar-refractivity contribution in [2.24, 2.45) is 0 Å². The molecule has 0 fully saturated rings. The van der Waals surface area contributed by atoms with E-state index in [0.717, 1.165) is 0 Å². The Kier molecular flexibility index (Phi) is 4.14. The van der Waals surface area contributed by atoms with Crippen molar-refractivity contribution in [2.45, 2.75) is 6.23 Å². The van der Waals surface area contributed by atoms with E-state index in [2.05, 4.69) is 0 Å². The van der Waals surface area contributed by atoms with Crippen molar-refractivity contribution in [3.05, 3.63) is 88.4 Å². The molecule has 2 aliphatic heterocycles. The van der Waals surface area contributed by atoms with Crippen LogP contribution < -0.4 is 14.4 Å². The van der Waals surface area contributed by atoms with Crippen LogP contribution in [0.1, 0.15) is 32.5 Å². The molecule has 0 saturated heterocycles. The average molecular weight is 408 g/mol. The summed E-state index contributed by atoms with van der Waals surface area (Å²) in [5, 5.41) is 0.316. The number of carbonyl (C=O) groups excluding carboxylic acids is 2. The van der Waals surface area contributed by atoms with Gasteiger partial charge >= 0.3 is 5.97 Å². The maximum atomic E-state index is 13.5. The van der Waals surface area contributed by atoms with E-state index in [4.69, 9.17) is 25.8 Å². The summed E-state index contributed by atoms with van der Waals surface area (Å²) in [4.78, 5) is 27.6. The second-order valence-electron chi connectivity index (χ2n) is 6.54. The lowest BCUT2D eigenvalue weighted by molar-refractivity contribution is 0.0248. The van der Waals surface area contributed by atoms with Gasteiger partial charge in [-0.25, -0.2) is 4.79 Å². The molecule has 0 radical (unpaired) electrons. The van der Waals surface area contributed by atoms with Gasteiger partial charge in [0.2, 0.25) is 13.0 Å². The normalized spacial score (nSPS) is 16.9. The van der Waals surface area contributed by atoms with Gasteiger partial charge in [0, 0.05) is 5.56 Å². The van der Waals surface area contributed by atoms with Crippen LogP contribution in [0.2, 0.25) is 5.02 Å². The van der Waals surface area contributed by atoms with Gasteiger partial charge in [0.05, 0.1) is 21.8 Å². The largest absolute Gasteiger partial charge is 0.454 e. The number of rotatable bonds is 2. The maximum absolute atomic E-state index is 13.5. The highest BCUT2D eigenvalue weighted by molar-refractivity contribution is 6.34. The number of benzene rings is 3. The summed E-state index contributed by atoms with van der Waals surface area (Å²) in [5.74, 6) is 0.243. The standard InChI is InChI=1S/C22H14ClNO5/c23-16-7-3-1-5-14(16)20(25)24-17-8-4-2-6-15(17)22(26)29-21(24)13-9-10-18-19(11-13)28-12-27-18/h1-11,21H,12H2/t21-/m0/s1. The van der Waals surface area contributed by atoms with Crippen LogP contribution in [-0.2, 0) is 4.74 Å². The summed E-state index contributed by atoms with van der Waals surface area (Å²) in [6, 6.07) is 18.8. The van der Waals surface area contributed by atoms with Crippen molar-refractivity contribution < 1.29 is 23.8 Å². The average Bonchev–Trinajstić information content (AvgIpc) is 3.21. The van der Waals surface area contributed by atoms with Crippen LogP contribution in [-0.4, -0.2) is 18.7 Å². The minimum atomic E-state index is -0.976. The number of hydrogen-bond donors (Lipinski definition) is 0. The summed E-state index contributed by atoms with van der Waals surface area (Å²) in [6.45, 7) is 0.119. The van der Waals surface area contributed by atoms with E-state index >= 15 is 0 Å². The number of halogens is 1. The van der Waals surface area contributed by atoms with Crippen molar-refractivity contribution in [2.75, 3.05) is 11.7 Å². The molecule has 6 nitrogen and oxygen atoms in total. The number of carbonyl (C=O) groups is 2. The van der Waals surface area contributed by atoms with E-state index in [1.165, 1.54) is 4.90 Å². The number of hydrogen-bond acceptors (Lipinski definition) is 5. The van der Waals surface area contributed by atoms with Crippen LogP contribution in [0, 0.1) is 0 Å². The SMILES string of the molecule is O=C1O[C@@H](c2ccc3c(c2)OCO3)N(C(=O)c2ccccc2Cl)c2ccccc21. The van der Waals surface area contributed by atoms with E-state index in [1.807, 2.05) is 0 Å². The zero-order valence-electron chi connectivity index (χ0n) is 15.0. The highest BCUT2D eigenvalue weighted by Gasteiger charge is 2.39. The monoisotopic (exact) mass is 407 g/mol. The van der Waals surface area contributed by atoms with Crippen LogP contribution >= 0.6 is 11.6 Å². The first-order valence-electron chi connectivity index (χ1n) is 8.91. The summed E-state index contributed by atoms with van der Waals surface area (Å²) in [6.07, 6.45) is -0.976. The first-order chi connectivity index (χ1) is 14.1. The Morgan fingerprint density at radius 3 is 2.59 bits per heavy atom. The lowest BCUT2D eigenvalue weighted by atomic mass is 10.0. The molecule has 0 saturated carbocycles. The quantitative estimate of drug-likeness (QED) is 0.581. The summed E-state index contributed by atoms with van der Waals surface area (Å²) < 4.78 is 16.5. The third kappa shape index (κ3) is 2.89. The summed E-state index contributed by atoms with van der Waals surface area (Å²) >= 11 is 6.27. The molecule has 0 aromatic heterocycles. The Bertz CT molecular complexity index is 1150. The van der Waals surface area contributed by atoms with E-state index in [-0.39, 0.29) is 12.7 Å². The topological polar surface area (TPSA) is 65.1 Å². The summed E-state index contributed by atoms with van der Waals surface area (Å²) in [5.41, 5.74) is 1.66. The van der Waals surface area contributed by atoms with Crippen LogP contribution in [0.15, 0.2) is 66.7 Å². The molecule has 0 unspecified atom stereocenters. The fourth-order valence-corrected chi connectivity index (χ4v) is 3.68. The zero-order valence-corrected chi connectivity index (χ0v) is 15.8. The van der Waals surface area contributed by atoms with Gasteiger partial charge in [-0.2, -0.15) is 0 Å². The fourth-order valence-electron chi connectivity index (χ4n) is 3.46. The number of nitrogens with zero attached hydrogens (tertiary/aromatic N) is 1. The molecular weight excluding hydrogens is 394 g/mol. The number of cyclic esters (lactones) is 1. The van der Waals surface area contributed by atoms with E-state index < -0.39 is 12.2 Å². The third-order valence-corrected chi connectivity index (χ3v) is 5.17. The van der Waals surface area contributed by atoms with Gasteiger partial charge < -0.3 is 14.2 Å². The maximum Gasteiger partial charge on any atom is 0.342 e. The van der Waals surface area contributed by atoms with Gasteiger partial charge in [-0.1, -0.05) is 35.9 Å². The molecule has 0 N–H and O–H groups in total. The number of anilines is 1. The molecule has 5 rings (SSSR count). The van der Waals surface area contributed by atoms with Crippen LogP contribution in [0.25, 0.3) is 0 Å². The molecule has 0 spiro atoms. The lowest BCUT2D eigenvalue weighted by Crippen LogP contribution is -2.41. The molecule has 144 valence electrons. The minimum Gasteiger partial charge on any atom is -0.454 e. The van der Waals surface area contributed by atoms with Crippen molar-refractivity contribution in [3.8, 4) is 11.5 Å². The minimum absolute atomic E-state index is 0.119.